The molecule has 0 saturated carbocycles. The number of aliphatic carboxylic acids is 1. The van der Waals surface area contributed by atoms with Gasteiger partial charge in [-0.1, -0.05) is 91.0 Å². The normalized spacial score (nSPS) is 12.4. The maximum absolute atomic E-state index is 11.2. The second-order valence-corrected chi connectivity index (χ2v) is 7.23. The number of nitrogens with zero attached hydrogens (tertiary/aromatic N) is 2. The Hall–Kier alpha value is -3.70. The lowest BCUT2D eigenvalue weighted by Gasteiger charge is -2.37. The Morgan fingerprint density at radius 1 is 0.867 bits per heavy atom. The van der Waals surface area contributed by atoms with Gasteiger partial charge in [-0.3, -0.25) is 4.79 Å². The van der Waals surface area contributed by atoms with Crippen molar-refractivity contribution in [2.45, 2.75) is 18.0 Å². The van der Waals surface area contributed by atoms with E-state index in [0.717, 1.165) is 16.7 Å². The molecule has 0 spiro atoms. The lowest BCUT2D eigenvalue weighted by Crippen LogP contribution is -2.37. The molecule has 5 heteroatoms. The molecule has 0 radical (unpaired) electrons. The minimum atomic E-state index is -1.04. The van der Waals surface area contributed by atoms with E-state index in [9.17, 15) is 9.90 Å². The van der Waals surface area contributed by atoms with Gasteiger partial charge in [0, 0.05) is 12.6 Å². The Labute approximate surface area is 175 Å². The van der Waals surface area contributed by atoms with E-state index in [0.29, 0.717) is 5.69 Å². The Morgan fingerprint density at radius 2 is 1.30 bits per heavy atom. The maximum atomic E-state index is 11.2. The van der Waals surface area contributed by atoms with Crippen molar-refractivity contribution >= 4 is 5.97 Å². The third kappa shape index (κ3) is 3.51. The number of imidazole rings is 1. The van der Waals surface area contributed by atoms with Crippen molar-refractivity contribution in [3.8, 4) is 0 Å². The average Bonchev–Trinajstić information content (AvgIpc) is 3.25. The van der Waals surface area contributed by atoms with E-state index in [2.05, 4.69) is 45.9 Å². The van der Waals surface area contributed by atoms with E-state index >= 15 is 0 Å². The zero-order valence-corrected chi connectivity index (χ0v) is 16.4. The molecule has 3 N–H and O–H groups in total. The Kier molecular flexibility index (Phi) is 5.46. The first kappa shape index (κ1) is 19.6. The van der Waals surface area contributed by atoms with Gasteiger partial charge in [0.25, 0.3) is 0 Å². The second-order valence-electron chi connectivity index (χ2n) is 7.23. The quantitative estimate of drug-likeness (QED) is 0.466. The molecule has 0 aliphatic rings. The van der Waals surface area contributed by atoms with Crippen LogP contribution < -0.4 is 5.73 Å². The van der Waals surface area contributed by atoms with Crippen LogP contribution in [0, 0.1) is 0 Å². The van der Waals surface area contributed by atoms with Gasteiger partial charge >= 0.3 is 5.97 Å². The molecular formula is C25H23N3O2. The number of carboxylic acids is 1. The molecule has 3 aromatic carbocycles. The van der Waals surface area contributed by atoms with Gasteiger partial charge in [0.1, 0.15) is 11.6 Å². The lowest BCUT2D eigenvalue weighted by molar-refractivity contribution is -0.138. The second kappa shape index (κ2) is 8.35. The number of hydrogen-bond donors (Lipinski definition) is 2. The summed E-state index contributed by atoms with van der Waals surface area (Å²) in [5.41, 5.74) is 8.96. The molecular weight excluding hydrogens is 374 g/mol. The van der Waals surface area contributed by atoms with Gasteiger partial charge in [0.05, 0.1) is 12.0 Å². The molecule has 150 valence electrons. The predicted octanol–water partition coefficient (Wildman–Crippen LogP) is 3.68. The Bertz CT molecular complexity index is 1010. The van der Waals surface area contributed by atoms with Crippen LogP contribution >= 0.6 is 0 Å². The fraction of sp³-hybridized carbons (Fsp3) is 0.120. The van der Waals surface area contributed by atoms with Gasteiger partial charge in [0.2, 0.25) is 0 Å². The van der Waals surface area contributed by atoms with E-state index in [4.69, 9.17) is 5.73 Å². The molecule has 4 aromatic rings. The summed E-state index contributed by atoms with van der Waals surface area (Å²) in [6, 6.07) is 29.7. The molecule has 1 heterocycles. The first-order valence-electron chi connectivity index (χ1n) is 9.80. The van der Waals surface area contributed by atoms with Crippen molar-refractivity contribution in [3.05, 3.63) is 126 Å². The molecule has 4 rings (SSSR count). The highest BCUT2D eigenvalue weighted by Gasteiger charge is 2.38. The first-order valence-corrected chi connectivity index (χ1v) is 9.80. The summed E-state index contributed by atoms with van der Waals surface area (Å²) >= 11 is 0. The van der Waals surface area contributed by atoms with E-state index in [1.807, 2.05) is 60.8 Å². The Balaban J connectivity index is 1.97. The fourth-order valence-electron chi connectivity index (χ4n) is 3.95. The number of nitrogens with two attached hydrogens (primary N) is 1. The number of carboxylic acid groups (broad SMARTS) is 1. The molecule has 0 fully saturated rings. The molecule has 0 amide bonds. The monoisotopic (exact) mass is 397 g/mol. The third-order valence-electron chi connectivity index (χ3n) is 5.34. The SMILES string of the molecule is NC(Cc1cn(C(c2ccccc2)(c2ccccc2)c2ccccc2)cn1)C(=O)O. The van der Waals surface area contributed by atoms with Crippen molar-refractivity contribution in [1.82, 2.24) is 9.55 Å². The fourth-order valence-corrected chi connectivity index (χ4v) is 3.95. The topological polar surface area (TPSA) is 81.1 Å². The molecule has 0 bridgehead atoms. The molecule has 0 aliphatic carbocycles. The average molecular weight is 397 g/mol. The van der Waals surface area contributed by atoms with Crippen molar-refractivity contribution in [1.29, 1.82) is 0 Å². The minimum absolute atomic E-state index is 0.163. The molecule has 1 aromatic heterocycles. The van der Waals surface area contributed by atoms with E-state index < -0.39 is 17.6 Å². The summed E-state index contributed by atoms with van der Waals surface area (Å²) < 4.78 is 2.05. The van der Waals surface area contributed by atoms with Gasteiger partial charge in [-0.2, -0.15) is 0 Å². The minimum Gasteiger partial charge on any atom is -0.480 e. The summed E-state index contributed by atoms with van der Waals surface area (Å²) in [7, 11) is 0. The number of benzene rings is 3. The van der Waals surface area contributed by atoms with Crippen LogP contribution in [0.3, 0.4) is 0 Å². The summed E-state index contributed by atoms with van der Waals surface area (Å²) in [4.78, 5) is 15.7. The van der Waals surface area contributed by atoms with Gasteiger partial charge in [0.15, 0.2) is 0 Å². The van der Waals surface area contributed by atoms with Crippen LogP contribution in [0.4, 0.5) is 0 Å². The largest absolute Gasteiger partial charge is 0.480 e. The molecule has 5 nitrogen and oxygen atoms in total. The van der Waals surface area contributed by atoms with E-state index in [1.54, 1.807) is 6.33 Å². The highest BCUT2D eigenvalue weighted by molar-refractivity contribution is 5.73. The van der Waals surface area contributed by atoms with Crippen molar-refractivity contribution in [3.63, 3.8) is 0 Å². The van der Waals surface area contributed by atoms with Crippen molar-refractivity contribution in [2.24, 2.45) is 5.73 Å². The standard InChI is InChI=1S/C25H23N3O2/c26-23(24(29)30)16-22-17-28(18-27-22)25(19-10-4-1-5-11-19,20-12-6-2-7-13-20)21-14-8-3-9-15-21/h1-15,17-18,23H,16,26H2,(H,29,30). The van der Waals surface area contributed by atoms with E-state index in [-0.39, 0.29) is 6.42 Å². The maximum Gasteiger partial charge on any atom is 0.320 e. The number of rotatable bonds is 7. The zero-order chi connectivity index (χ0) is 21.0. The molecule has 1 atom stereocenters. The van der Waals surface area contributed by atoms with Crippen molar-refractivity contribution in [2.75, 3.05) is 0 Å². The van der Waals surface area contributed by atoms with Crippen LogP contribution in [0.15, 0.2) is 104 Å². The smallest absolute Gasteiger partial charge is 0.320 e. The highest BCUT2D eigenvalue weighted by atomic mass is 16.4. The zero-order valence-electron chi connectivity index (χ0n) is 16.4. The van der Waals surface area contributed by atoms with Crippen LogP contribution in [0.25, 0.3) is 0 Å². The Morgan fingerprint density at radius 3 is 1.70 bits per heavy atom. The number of hydrogen-bond acceptors (Lipinski definition) is 3. The summed E-state index contributed by atoms with van der Waals surface area (Å²) in [6.45, 7) is 0. The molecule has 1 unspecified atom stereocenters. The first-order chi connectivity index (χ1) is 14.6. The molecule has 0 saturated heterocycles. The molecule has 0 aliphatic heterocycles. The predicted molar refractivity (Wildman–Crippen MR) is 116 cm³/mol. The van der Waals surface area contributed by atoms with Gasteiger partial charge in [-0.05, 0) is 16.7 Å². The van der Waals surface area contributed by atoms with Gasteiger partial charge in [-0.15, -0.1) is 0 Å². The highest BCUT2D eigenvalue weighted by Crippen LogP contribution is 2.40. The van der Waals surface area contributed by atoms with Crippen molar-refractivity contribution < 1.29 is 9.90 Å². The number of carbonyl (C=O) groups is 1. The summed E-state index contributed by atoms with van der Waals surface area (Å²) in [5.74, 6) is -1.04. The van der Waals surface area contributed by atoms with Crippen LogP contribution in [0.5, 0.6) is 0 Å². The third-order valence-corrected chi connectivity index (χ3v) is 5.34. The van der Waals surface area contributed by atoms with Crippen LogP contribution in [-0.4, -0.2) is 26.7 Å². The van der Waals surface area contributed by atoms with Crippen LogP contribution in [0.2, 0.25) is 0 Å². The van der Waals surface area contributed by atoms with Gasteiger partial charge < -0.3 is 15.4 Å². The van der Waals surface area contributed by atoms with E-state index in [1.165, 1.54) is 0 Å². The van der Waals surface area contributed by atoms with Gasteiger partial charge in [-0.25, -0.2) is 4.98 Å². The molecule has 30 heavy (non-hydrogen) atoms. The summed E-state index contributed by atoms with van der Waals surface area (Å²) in [6.07, 6.45) is 3.82. The summed E-state index contributed by atoms with van der Waals surface area (Å²) in [5, 5.41) is 9.18. The lowest BCUT2D eigenvalue weighted by atomic mass is 9.77. The van der Waals surface area contributed by atoms with Crippen LogP contribution in [0.1, 0.15) is 22.4 Å². The number of aromatic nitrogens is 2. The van der Waals surface area contributed by atoms with Crippen LogP contribution in [-0.2, 0) is 16.8 Å².